The molecule has 162 valence electrons. The Bertz CT molecular complexity index is 1370. The van der Waals surface area contributed by atoms with Crippen LogP contribution < -0.4 is 10.9 Å². The van der Waals surface area contributed by atoms with E-state index >= 15 is 0 Å². The molecule has 0 spiro atoms. The molecule has 0 saturated heterocycles. The summed E-state index contributed by atoms with van der Waals surface area (Å²) in [5.41, 5.74) is 5.71. The quantitative estimate of drug-likeness (QED) is 0.536. The van der Waals surface area contributed by atoms with Crippen molar-refractivity contribution in [3.63, 3.8) is 0 Å². The zero-order chi connectivity index (χ0) is 22.2. The highest BCUT2D eigenvalue weighted by Gasteiger charge is 2.22. The van der Waals surface area contributed by atoms with Gasteiger partial charge in [-0.1, -0.05) is 42.5 Å². The normalized spacial score (nSPS) is 15.5. The zero-order valence-electron chi connectivity index (χ0n) is 18.3. The summed E-state index contributed by atoms with van der Waals surface area (Å²) < 4.78 is 3.41. The van der Waals surface area contributed by atoms with Crippen molar-refractivity contribution >= 4 is 16.9 Å². The standard InChI is InChI=1S/C26H26N4O2/c1-17-18(2)30(20-11-4-3-5-12-20)25-24(17)26(32)29(16-27-25)15-23(31)28-22-14-8-10-19-9-6-7-13-21(19)22/h3-7,9,11-13,16,22H,8,10,14-15H2,1-2H3,(H,28,31)/t22-/m1/s1. The fourth-order valence-electron chi connectivity index (χ4n) is 4.79. The molecule has 2 heterocycles. The van der Waals surface area contributed by atoms with Gasteiger partial charge in [-0.15, -0.1) is 0 Å². The minimum atomic E-state index is -0.190. The average Bonchev–Trinajstić information content (AvgIpc) is 3.07. The molecule has 5 rings (SSSR count). The first-order chi connectivity index (χ1) is 15.5. The number of hydrogen-bond donors (Lipinski definition) is 1. The first-order valence-electron chi connectivity index (χ1n) is 11.0. The molecule has 0 bridgehead atoms. The number of para-hydroxylation sites is 1. The molecule has 1 amide bonds. The van der Waals surface area contributed by atoms with Crippen molar-refractivity contribution in [2.45, 2.75) is 45.7 Å². The highest BCUT2D eigenvalue weighted by atomic mass is 16.2. The van der Waals surface area contributed by atoms with E-state index < -0.39 is 0 Å². The van der Waals surface area contributed by atoms with Gasteiger partial charge in [-0.05, 0) is 61.9 Å². The van der Waals surface area contributed by atoms with Gasteiger partial charge in [0.05, 0.1) is 11.4 Å². The van der Waals surface area contributed by atoms with Crippen molar-refractivity contribution in [1.82, 2.24) is 19.4 Å². The smallest absolute Gasteiger partial charge is 0.263 e. The molecule has 0 unspecified atom stereocenters. The molecule has 1 aliphatic carbocycles. The Labute approximate surface area is 186 Å². The van der Waals surface area contributed by atoms with Crippen molar-refractivity contribution in [3.05, 3.63) is 93.7 Å². The second-order valence-electron chi connectivity index (χ2n) is 8.47. The number of amides is 1. The minimum absolute atomic E-state index is 0.0111. The number of aromatic nitrogens is 3. The van der Waals surface area contributed by atoms with Crippen LogP contribution in [0.1, 0.15) is 41.3 Å². The van der Waals surface area contributed by atoms with Gasteiger partial charge in [0.15, 0.2) is 5.65 Å². The number of rotatable bonds is 4. The summed E-state index contributed by atoms with van der Waals surface area (Å²) >= 11 is 0. The number of aryl methyl sites for hydroxylation is 2. The molecule has 6 heteroatoms. The molecule has 1 N–H and O–H groups in total. The van der Waals surface area contributed by atoms with E-state index in [-0.39, 0.29) is 24.1 Å². The predicted molar refractivity (Wildman–Crippen MR) is 125 cm³/mol. The fraction of sp³-hybridized carbons (Fsp3) is 0.269. The average molecular weight is 427 g/mol. The number of nitrogens with one attached hydrogen (secondary N) is 1. The Morgan fingerprint density at radius 2 is 1.84 bits per heavy atom. The van der Waals surface area contributed by atoms with Crippen LogP contribution in [-0.4, -0.2) is 20.0 Å². The van der Waals surface area contributed by atoms with Crippen LogP contribution in [0.15, 0.2) is 65.7 Å². The minimum Gasteiger partial charge on any atom is -0.348 e. The topological polar surface area (TPSA) is 68.9 Å². The third-order valence-corrected chi connectivity index (χ3v) is 6.52. The van der Waals surface area contributed by atoms with Gasteiger partial charge in [0.1, 0.15) is 12.9 Å². The number of carbonyl (C=O) groups excluding carboxylic acids is 1. The van der Waals surface area contributed by atoms with E-state index in [1.165, 1.54) is 22.0 Å². The van der Waals surface area contributed by atoms with Gasteiger partial charge in [0.2, 0.25) is 5.91 Å². The summed E-state index contributed by atoms with van der Waals surface area (Å²) in [5.74, 6) is -0.174. The molecule has 32 heavy (non-hydrogen) atoms. The lowest BCUT2D eigenvalue weighted by atomic mass is 9.88. The SMILES string of the molecule is Cc1c(C)n(-c2ccccc2)c2ncn(CC(=O)N[C@@H]3CCCc4ccccc43)c(=O)c12. The van der Waals surface area contributed by atoms with Crippen LogP contribution >= 0.6 is 0 Å². The Morgan fingerprint density at radius 3 is 2.66 bits per heavy atom. The Hall–Kier alpha value is -3.67. The van der Waals surface area contributed by atoms with E-state index in [9.17, 15) is 9.59 Å². The van der Waals surface area contributed by atoms with E-state index in [4.69, 9.17) is 0 Å². The monoisotopic (exact) mass is 426 g/mol. The number of hydrogen-bond acceptors (Lipinski definition) is 3. The molecule has 4 aromatic rings. The van der Waals surface area contributed by atoms with E-state index in [0.29, 0.717) is 11.0 Å². The molecular formula is C26H26N4O2. The third-order valence-electron chi connectivity index (χ3n) is 6.52. The lowest BCUT2D eigenvalue weighted by Crippen LogP contribution is -2.36. The molecule has 0 aliphatic heterocycles. The van der Waals surface area contributed by atoms with Crippen molar-refractivity contribution in [1.29, 1.82) is 0 Å². The lowest BCUT2D eigenvalue weighted by molar-refractivity contribution is -0.122. The van der Waals surface area contributed by atoms with Crippen molar-refractivity contribution < 1.29 is 4.79 Å². The van der Waals surface area contributed by atoms with Gasteiger partial charge in [-0.2, -0.15) is 0 Å². The molecule has 2 aromatic heterocycles. The summed E-state index contributed by atoms with van der Waals surface area (Å²) in [6.45, 7) is 3.88. The molecule has 0 fully saturated rings. The van der Waals surface area contributed by atoms with Crippen LogP contribution in [0.4, 0.5) is 0 Å². The number of fused-ring (bicyclic) bond motifs is 2. The van der Waals surface area contributed by atoms with E-state index in [1.54, 1.807) is 0 Å². The second-order valence-corrected chi connectivity index (χ2v) is 8.47. The summed E-state index contributed by atoms with van der Waals surface area (Å²) in [4.78, 5) is 30.7. The summed E-state index contributed by atoms with van der Waals surface area (Å²) in [5, 5.41) is 3.68. The maximum absolute atomic E-state index is 13.3. The van der Waals surface area contributed by atoms with Gasteiger partial charge < -0.3 is 5.32 Å². The van der Waals surface area contributed by atoms with Crippen LogP contribution in [0, 0.1) is 13.8 Å². The molecule has 0 radical (unpaired) electrons. The summed E-state index contributed by atoms with van der Waals surface area (Å²) in [7, 11) is 0. The van der Waals surface area contributed by atoms with Crippen LogP contribution in [-0.2, 0) is 17.8 Å². The summed E-state index contributed by atoms with van der Waals surface area (Å²) in [6.07, 6.45) is 4.48. The molecule has 0 saturated carbocycles. The maximum atomic E-state index is 13.3. The van der Waals surface area contributed by atoms with Crippen molar-refractivity contribution in [2.75, 3.05) is 0 Å². The molecule has 1 aliphatic rings. The third kappa shape index (κ3) is 3.42. The molecule has 1 atom stereocenters. The van der Waals surface area contributed by atoms with E-state index in [0.717, 1.165) is 36.2 Å². The van der Waals surface area contributed by atoms with Gasteiger partial charge >= 0.3 is 0 Å². The Kier molecular flexibility index (Phi) is 5.13. The van der Waals surface area contributed by atoms with E-state index in [1.807, 2.05) is 60.9 Å². The van der Waals surface area contributed by atoms with Gasteiger partial charge in [0.25, 0.3) is 5.56 Å². The summed E-state index contributed by atoms with van der Waals surface area (Å²) in [6, 6.07) is 18.1. The van der Waals surface area contributed by atoms with Crippen molar-refractivity contribution in [2.24, 2.45) is 0 Å². The predicted octanol–water partition coefficient (Wildman–Crippen LogP) is 4.00. The van der Waals surface area contributed by atoms with Crippen molar-refractivity contribution in [3.8, 4) is 5.69 Å². The number of nitrogens with zero attached hydrogens (tertiary/aromatic N) is 3. The lowest BCUT2D eigenvalue weighted by Gasteiger charge is -2.26. The Morgan fingerprint density at radius 1 is 1.09 bits per heavy atom. The van der Waals surface area contributed by atoms with Crippen LogP contribution in [0.3, 0.4) is 0 Å². The molecule has 6 nitrogen and oxygen atoms in total. The highest BCUT2D eigenvalue weighted by molar-refractivity contribution is 5.83. The van der Waals surface area contributed by atoms with Gasteiger partial charge in [-0.25, -0.2) is 4.98 Å². The largest absolute Gasteiger partial charge is 0.348 e. The number of carbonyl (C=O) groups is 1. The first-order valence-corrected chi connectivity index (χ1v) is 11.0. The van der Waals surface area contributed by atoms with Crippen LogP contribution in [0.2, 0.25) is 0 Å². The van der Waals surface area contributed by atoms with Crippen LogP contribution in [0.25, 0.3) is 16.7 Å². The van der Waals surface area contributed by atoms with Gasteiger partial charge in [-0.3, -0.25) is 18.7 Å². The zero-order valence-corrected chi connectivity index (χ0v) is 18.3. The fourth-order valence-corrected chi connectivity index (χ4v) is 4.79. The van der Waals surface area contributed by atoms with Crippen LogP contribution in [0.5, 0.6) is 0 Å². The highest BCUT2D eigenvalue weighted by Crippen LogP contribution is 2.29. The maximum Gasteiger partial charge on any atom is 0.263 e. The Balaban J connectivity index is 1.45. The second kappa shape index (κ2) is 8.11. The molecule has 2 aromatic carbocycles. The molecular weight excluding hydrogens is 400 g/mol. The first kappa shape index (κ1) is 20.2. The van der Waals surface area contributed by atoms with E-state index in [2.05, 4.69) is 22.4 Å². The number of benzene rings is 2. The van der Waals surface area contributed by atoms with Gasteiger partial charge in [0, 0.05) is 11.4 Å².